The summed E-state index contributed by atoms with van der Waals surface area (Å²) in [7, 11) is 0. The van der Waals surface area contributed by atoms with Gasteiger partial charge in [0.1, 0.15) is 5.69 Å². The van der Waals surface area contributed by atoms with Crippen molar-refractivity contribution in [2.45, 2.75) is 33.6 Å². The molecule has 1 heterocycles. The van der Waals surface area contributed by atoms with E-state index in [1.807, 2.05) is 0 Å². The highest BCUT2D eigenvalue weighted by Gasteiger charge is 2.31. The summed E-state index contributed by atoms with van der Waals surface area (Å²) in [6.45, 7) is 5.15. The lowest BCUT2D eigenvalue weighted by molar-refractivity contribution is 0.0117. The number of pyridine rings is 1. The molecule has 0 aliphatic rings. The summed E-state index contributed by atoms with van der Waals surface area (Å²) >= 11 is 0. The van der Waals surface area contributed by atoms with Crippen molar-refractivity contribution in [2.75, 3.05) is 0 Å². The van der Waals surface area contributed by atoms with Crippen molar-refractivity contribution in [1.29, 1.82) is 0 Å². The van der Waals surface area contributed by atoms with Gasteiger partial charge < -0.3 is 5.11 Å². The van der Waals surface area contributed by atoms with Gasteiger partial charge in [-0.3, -0.25) is 4.98 Å². The Morgan fingerprint density at radius 2 is 1.75 bits per heavy atom. The normalized spacial score (nSPS) is 11.6. The van der Waals surface area contributed by atoms with Gasteiger partial charge in [0.15, 0.2) is 0 Å². The first-order valence-electron chi connectivity index (χ1n) is 4.75. The van der Waals surface area contributed by atoms with Gasteiger partial charge in [-0.05, 0) is 31.9 Å². The Morgan fingerprint density at radius 3 is 2.12 bits per heavy atom. The first-order chi connectivity index (χ1) is 7.16. The number of aryl methyl sites for hydroxylation is 1. The standard InChI is InChI=1S/C11H13F2NO2/c1-5-6(2)9(11(4,12)13)14-7(3)8(5)10(15)16/h1-4H3,(H,15,16). The zero-order valence-electron chi connectivity index (χ0n) is 9.56. The minimum absolute atomic E-state index is 0.00509. The van der Waals surface area contributed by atoms with Crippen molar-refractivity contribution >= 4 is 5.97 Å². The predicted molar refractivity (Wildman–Crippen MR) is 55.0 cm³/mol. The molecule has 16 heavy (non-hydrogen) atoms. The molecule has 0 unspecified atom stereocenters. The van der Waals surface area contributed by atoms with Crippen LogP contribution >= 0.6 is 0 Å². The molecule has 0 atom stereocenters. The second-order valence-corrected chi connectivity index (χ2v) is 3.86. The number of carbonyl (C=O) groups is 1. The molecule has 0 aliphatic carbocycles. The summed E-state index contributed by atoms with van der Waals surface area (Å²) in [5.74, 6) is -4.20. The summed E-state index contributed by atoms with van der Waals surface area (Å²) in [5.41, 5.74) is 0.345. The quantitative estimate of drug-likeness (QED) is 0.848. The van der Waals surface area contributed by atoms with Crippen LogP contribution in [0.5, 0.6) is 0 Å². The molecule has 0 saturated carbocycles. The van der Waals surface area contributed by atoms with Gasteiger partial charge in [0.2, 0.25) is 0 Å². The number of carboxylic acid groups (broad SMARTS) is 1. The van der Waals surface area contributed by atoms with Crippen LogP contribution in [0.1, 0.15) is 39.8 Å². The van der Waals surface area contributed by atoms with Gasteiger partial charge >= 0.3 is 5.97 Å². The van der Waals surface area contributed by atoms with Crippen molar-refractivity contribution in [3.05, 3.63) is 28.1 Å². The Labute approximate surface area is 92.1 Å². The van der Waals surface area contributed by atoms with Crippen molar-refractivity contribution in [1.82, 2.24) is 4.98 Å². The van der Waals surface area contributed by atoms with E-state index in [4.69, 9.17) is 5.11 Å². The number of nitrogens with zero attached hydrogens (tertiary/aromatic N) is 1. The van der Waals surface area contributed by atoms with E-state index in [-0.39, 0.29) is 22.5 Å². The van der Waals surface area contributed by atoms with Crippen molar-refractivity contribution < 1.29 is 18.7 Å². The molecule has 1 N–H and O–H groups in total. The van der Waals surface area contributed by atoms with E-state index in [1.165, 1.54) is 20.8 Å². The minimum atomic E-state index is -3.06. The Bertz CT molecular complexity index is 450. The number of halogens is 2. The number of alkyl halides is 2. The Hall–Kier alpha value is -1.52. The predicted octanol–water partition coefficient (Wildman–Crippen LogP) is 2.82. The third kappa shape index (κ3) is 2.03. The molecule has 1 aromatic rings. The molecule has 0 fully saturated rings. The molecule has 3 nitrogen and oxygen atoms in total. The topological polar surface area (TPSA) is 50.2 Å². The maximum absolute atomic E-state index is 13.2. The van der Waals surface area contributed by atoms with E-state index in [2.05, 4.69) is 4.98 Å². The van der Waals surface area contributed by atoms with Crippen LogP contribution in [0.4, 0.5) is 8.78 Å². The lowest BCUT2D eigenvalue weighted by Gasteiger charge is -2.17. The number of hydrogen-bond donors (Lipinski definition) is 1. The smallest absolute Gasteiger partial charge is 0.337 e. The highest BCUT2D eigenvalue weighted by atomic mass is 19.3. The van der Waals surface area contributed by atoms with E-state index in [0.29, 0.717) is 5.56 Å². The average Bonchev–Trinajstić information content (AvgIpc) is 2.09. The summed E-state index contributed by atoms with van der Waals surface area (Å²) < 4.78 is 26.4. The number of rotatable bonds is 2. The van der Waals surface area contributed by atoms with Gasteiger partial charge in [0.05, 0.1) is 11.3 Å². The van der Waals surface area contributed by atoms with E-state index in [1.54, 1.807) is 0 Å². The van der Waals surface area contributed by atoms with Crippen LogP contribution in [-0.4, -0.2) is 16.1 Å². The summed E-state index contributed by atoms with van der Waals surface area (Å²) in [6.07, 6.45) is 0. The number of hydrogen-bond acceptors (Lipinski definition) is 2. The lowest BCUT2D eigenvalue weighted by atomic mass is 9.98. The van der Waals surface area contributed by atoms with Crippen LogP contribution in [0.2, 0.25) is 0 Å². The summed E-state index contributed by atoms with van der Waals surface area (Å²) in [5, 5.41) is 8.94. The highest BCUT2D eigenvalue weighted by Crippen LogP contribution is 2.31. The Balaban J connectivity index is 3.58. The zero-order valence-corrected chi connectivity index (χ0v) is 9.56. The molecule has 1 rings (SSSR count). The maximum Gasteiger partial charge on any atom is 0.337 e. The molecular weight excluding hydrogens is 216 g/mol. The van der Waals surface area contributed by atoms with E-state index >= 15 is 0 Å². The monoisotopic (exact) mass is 229 g/mol. The van der Waals surface area contributed by atoms with Gasteiger partial charge in [-0.1, -0.05) is 0 Å². The molecule has 0 bridgehead atoms. The fourth-order valence-electron chi connectivity index (χ4n) is 1.69. The number of carboxylic acids is 1. The number of aromatic nitrogens is 1. The lowest BCUT2D eigenvalue weighted by Crippen LogP contribution is -2.17. The zero-order chi connectivity index (χ0) is 12.7. The molecular formula is C11H13F2NO2. The Kier molecular flexibility index (Phi) is 2.99. The van der Waals surface area contributed by atoms with Crippen LogP contribution in [0.3, 0.4) is 0 Å². The highest BCUT2D eigenvalue weighted by molar-refractivity contribution is 5.91. The fraction of sp³-hybridized carbons (Fsp3) is 0.455. The molecule has 0 saturated heterocycles. The van der Waals surface area contributed by atoms with Crippen molar-refractivity contribution in [2.24, 2.45) is 0 Å². The number of aromatic carboxylic acids is 1. The summed E-state index contributed by atoms with van der Waals surface area (Å²) in [4.78, 5) is 14.6. The molecule has 5 heteroatoms. The molecule has 88 valence electrons. The SMILES string of the molecule is Cc1nc(C(C)(F)F)c(C)c(C)c1C(=O)O. The van der Waals surface area contributed by atoms with Crippen LogP contribution in [0.25, 0.3) is 0 Å². The first-order valence-corrected chi connectivity index (χ1v) is 4.75. The third-order valence-electron chi connectivity index (χ3n) is 2.56. The molecule has 1 aromatic heterocycles. The van der Waals surface area contributed by atoms with Gasteiger partial charge in [-0.15, -0.1) is 0 Å². The van der Waals surface area contributed by atoms with E-state index < -0.39 is 11.9 Å². The van der Waals surface area contributed by atoms with E-state index in [9.17, 15) is 13.6 Å². The van der Waals surface area contributed by atoms with Crippen LogP contribution < -0.4 is 0 Å². The van der Waals surface area contributed by atoms with Gasteiger partial charge in [0, 0.05) is 6.92 Å². The van der Waals surface area contributed by atoms with Crippen LogP contribution in [0, 0.1) is 20.8 Å². The van der Waals surface area contributed by atoms with Crippen LogP contribution in [0.15, 0.2) is 0 Å². The van der Waals surface area contributed by atoms with Gasteiger partial charge in [-0.25, -0.2) is 4.79 Å². The fourth-order valence-corrected chi connectivity index (χ4v) is 1.69. The first kappa shape index (κ1) is 12.5. The maximum atomic E-state index is 13.2. The second-order valence-electron chi connectivity index (χ2n) is 3.86. The third-order valence-corrected chi connectivity index (χ3v) is 2.56. The summed E-state index contributed by atoms with van der Waals surface area (Å²) in [6, 6.07) is 0. The van der Waals surface area contributed by atoms with Crippen LogP contribution in [-0.2, 0) is 5.92 Å². The molecule has 0 amide bonds. The van der Waals surface area contributed by atoms with Crippen molar-refractivity contribution in [3.63, 3.8) is 0 Å². The average molecular weight is 229 g/mol. The molecule has 0 aromatic carbocycles. The Morgan fingerprint density at radius 1 is 1.25 bits per heavy atom. The van der Waals surface area contributed by atoms with E-state index in [0.717, 1.165) is 6.92 Å². The second kappa shape index (κ2) is 3.81. The largest absolute Gasteiger partial charge is 0.478 e. The molecule has 0 spiro atoms. The molecule has 0 aliphatic heterocycles. The van der Waals surface area contributed by atoms with Gasteiger partial charge in [0.25, 0.3) is 5.92 Å². The van der Waals surface area contributed by atoms with Gasteiger partial charge in [-0.2, -0.15) is 8.78 Å². The van der Waals surface area contributed by atoms with Crippen molar-refractivity contribution in [3.8, 4) is 0 Å². The minimum Gasteiger partial charge on any atom is -0.478 e. The molecule has 0 radical (unpaired) electrons.